The van der Waals surface area contributed by atoms with Crippen molar-refractivity contribution in [2.24, 2.45) is 0 Å². The second-order valence-corrected chi connectivity index (χ2v) is 8.01. The number of benzene rings is 3. The van der Waals surface area contributed by atoms with E-state index in [4.69, 9.17) is 0 Å². The first kappa shape index (κ1) is 19.1. The van der Waals surface area contributed by atoms with Gasteiger partial charge in [-0.25, -0.2) is 0 Å². The number of ketones is 1. The zero-order chi connectivity index (χ0) is 20.2. The Kier molecular flexibility index (Phi) is 5.57. The van der Waals surface area contributed by atoms with Gasteiger partial charge in [-0.2, -0.15) is 0 Å². The Bertz CT molecular complexity index is 1020. The predicted octanol–water partition coefficient (Wildman–Crippen LogP) is 6.92. The lowest BCUT2D eigenvalue weighted by Crippen LogP contribution is -2.19. The first-order chi connectivity index (χ1) is 14.1. The van der Waals surface area contributed by atoms with Crippen molar-refractivity contribution in [2.45, 2.75) is 32.6 Å². The fraction of sp³-hybridized carbons (Fsp3) is 0.179. The minimum atomic E-state index is 0.181. The van der Waals surface area contributed by atoms with Gasteiger partial charge in [-0.15, -0.1) is 0 Å². The van der Waals surface area contributed by atoms with Crippen molar-refractivity contribution in [2.75, 3.05) is 0 Å². The van der Waals surface area contributed by atoms with Crippen LogP contribution >= 0.6 is 0 Å². The standard InChI is InChI=1S/C28H26O/c1-20-8-6-10-22(14-20)16-26-18-25(24-12-4-3-5-13-24)19-27(28(26)29)17-23-11-7-9-21(2)15-23/h3-17,25H,18-19H2,1-2H3/b26-16+,27-17+. The van der Waals surface area contributed by atoms with E-state index in [1.807, 2.05) is 18.2 Å². The van der Waals surface area contributed by atoms with Gasteiger partial charge in [0.15, 0.2) is 5.78 Å². The average molecular weight is 379 g/mol. The summed E-state index contributed by atoms with van der Waals surface area (Å²) in [5, 5.41) is 0. The zero-order valence-corrected chi connectivity index (χ0v) is 17.1. The highest BCUT2D eigenvalue weighted by molar-refractivity contribution is 6.14. The van der Waals surface area contributed by atoms with Crippen molar-refractivity contribution in [1.29, 1.82) is 0 Å². The predicted molar refractivity (Wildman–Crippen MR) is 122 cm³/mol. The van der Waals surface area contributed by atoms with Gasteiger partial charge in [0.1, 0.15) is 0 Å². The fourth-order valence-corrected chi connectivity index (χ4v) is 4.13. The van der Waals surface area contributed by atoms with Gasteiger partial charge in [-0.1, -0.05) is 90.0 Å². The highest BCUT2D eigenvalue weighted by atomic mass is 16.1. The SMILES string of the molecule is Cc1cccc(/C=C2\CC(c3ccccc3)C/C(=C\c3cccc(C)c3)C2=O)c1. The van der Waals surface area contributed by atoms with Crippen LogP contribution in [0.15, 0.2) is 90.0 Å². The van der Waals surface area contributed by atoms with E-state index in [0.717, 1.165) is 35.1 Å². The Hall–Kier alpha value is -3.19. The van der Waals surface area contributed by atoms with Crippen LogP contribution in [0.1, 0.15) is 46.6 Å². The molecule has 0 atom stereocenters. The highest BCUT2D eigenvalue weighted by Crippen LogP contribution is 2.38. The van der Waals surface area contributed by atoms with Gasteiger partial charge in [0.05, 0.1) is 0 Å². The van der Waals surface area contributed by atoms with Crippen LogP contribution in [0.25, 0.3) is 12.2 Å². The average Bonchev–Trinajstić information content (AvgIpc) is 2.71. The van der Waals surface area contributed by atoms with Crippen LogP contribution in [0.4, 0.5) is 0 Å². The number of Topliss-reactive ketones (excluding diaryl/α,β-unsaturated/α-hetero) is 1. The molecule has 3 aromatic carbocycles. The number of carbonyl (C=O) groups excluding carboxylic acids is 1. The van der Waals surface area contributed by atoms with Crippen LogP contribution < -0.4 is 0 Å². The monoisotopic (exact) mass is 378 g/mol. The normalized spacial score (nSPS) is 19.7. The third kappa shape index (κ3) is 4.63. The van der Waals surface area contributed by atoms with E-state index in [2.05, 4.69) is 86.7 Å². The second-order valence-electron chi connectivity index (χ2n) is 8.01. The molecule has 0 bridgehead atoms. The number of hydrogen-bond acceptors (Lipinski definition) is 1. The van der Waals surface area contributed by atoms with E-state index < -0.39 is 0 Å². The fourth-order valence-electron chi connectivity index (χ4n) is 4.13. The topological polar surface area (TPSA) is 17.1 Å². The summed E-state index contributed by atoms with van der Waals surface area (Å²) in [7, 11) is 0. The highest BCUT2D eigenvalue weighted by Gasteiger charge is 2.28. The molecule has 1 aliphatic carbocycles. The Morgan fingerprint density at radius 2 is 1.21 bits per heavy atom. The Balaban J connectivity index is 1.75. The molecule has 0 radical (unpaired) electrons. The Morgan fingerprint density at radius 1 is 0.690 bits per heavy atom. The second kappa shape index (κ2) is 8.45. The number of hydrogen-bond donors (Lipinski definition) is 0. The third-order valence-corrected chi connectivity index (χ3v) is 5.55. The van der Waals surface area contributed by atoms with Crippen molar-refractivity contribution in [3.8, 4) is 0 Å². The molecule has 0 saturated heterocycles. The summed E-state index contributed by atoms with van der Waals surface area (Å²) in [6.45, 7) is 4.17. The Morgan fingerprint density at radius 3 is 1.69 bits per heavy atom. The third-order valence-electron chi connectivity index (χ3n) is 5.55. The van der Waals surface area contributed by atoms with Crippen LogP contribution in [0, 0.1) is 13.8 Å². The molecule has 0 aromatic heterocycles. The van der Waals surface area contributed by atoms with E-state index in [0.29, 0.717) is 5.92 Å². The van der Waals surface area contributed by atoms with E-state index in [1.54, 1.807) is 0 Å². The summed E-state index contributed by atoms with van der Waals surface area (Å²) in [6, 6.07) is 27.2. The number of carbonyl (C=O) groups is 1. The van der Waals surface area contributed by atoms with Gasteiger partial charge in [0.2, 0.25) is 0 Å². The summed E-state index contributed by atoms with van der Waals surface area (Å²) in [5.41, 5.74) is 7.69. The lowest BCUT2D eigenvalue weighted by molar-refractivity contribution is -0.113. The summed E-state index contributed by atoms with van der Waals surface area (Å²) < 4.78 is 0. The molecule has 0 unspecified atom stereocenters. The molecule has 0 heterocycles. The van der Waals surface area contributed by atoms with Crippen LogP contribution in [0.2, 0.25) is 0 Å². The molecule has 144 valence electrons. The van der Waals surface area contributed by atoms with Gasteiger partial charge in [0.25, 0.3) is 0 Å². The summed E-state index contributed by atoms with van der Waals surface area (Å²) in [6.07, 6.45) is 5.72. The van der Waals surface area contributed by atoms with E-state index in [9.17, 15) is 4.79 Å². The molecule has 1 heteroatoms. The molecule has 29 heavy (non-hydrogen) atoms. The molecule has 3 aromatic rings. The van der Waals surface area contributed by atoms with Crippen molar-refractivity contribution in [3.05, 3.63) is 118 Å². The Labute approximate surface area is 173 Å². The first-order valence-electron chi connectivity index (χ1n) is 10.2. The summed E-state index contributed by atoms with van der Waals surface area (Å²) in [5.74, 6) is 0.501. The molecule has 0 amide bonds. The quantitative estimate of drug-likeness (QED) is 0.452. The molecular formula is C28H26O. The lowest BCUT2D eigenvalue weighted by atomic mass is 9.76. The van der Waals surface area contributed by atoms with Gasteiger partial charge < -0.3 is 0 Å². The summed E-state index contributed by atoms with van der Waals surface area (Å²) in [4.78, 5) is 13.3. The van der Waals surface area contributed by atoms with E-state index in [-0.39, 0.29) is 5.78 Å². The maximum atomic E-state index is 13.3. The molecule has 0 spiro atoms. The maximum absolute atomic E-state index is 13.3. The van der Waals surface area contributed by atoms with Gasteiger partial charge in [0, 0.05) is 11.1 Å². The van der Waals surface area contributed by atoms with Crippen molar-refractivity contribution in [3.63, 3.8) is 0 Å². The van der Waals surface area contributed by atoms with Crippen LogP contribution in [-0.4, -0.2) is 5.78 Å². The minimum absolute atomic E-state index is 0.181. The van der Waals surface area contributed by atoms with Gasteiger partial charge in [-0.05, 0) is 61.4 Å². The number of aryl methyl sites for hydroxylation is 2. The smallest absolute Gasteiger partial charge is 0.185 e. The number of rotatable bonds is 3. The molecule has 0 N–H and O–H groups in total. The van der Waals surface area contributed by atoms with Gasteiger partial charge >= 0.3 is 0 Å². The van der Waals surface area contributed by atoms with Crippen molar-refractivity contribution < 1.29 is 4.79 Å². The molecule has 4 rings (SSSR count). The lowest BCUT2D eigenvalue weighted by Gasteiger charge is -2.26. The largest absolute Gasteiger partial charge is 0.289 e. The first-order valence-corrected chi connectivity index (χ1v) is 10.2. The molecule has 1 nitrogen and oxygen atoms in total. The van der Waals surface area contributed by atoms with E-state index in [1.165, 1.54) is 16.7 Å². The van der Waals surface area contributed by atoms with Crippen LogP contribution in [0.3, 0.4) is 0 Å². The molecular weight excluding hydrogens is 352 g/mol. The van der Waals surface area contributed by atoms with E-state index >= 15 is 0 Å². The maximum Gasteiger partial charge on any atom is 0.185 e. The molecule has 1 fully saturated rings. The van der Waals surface area contributed by atoms with Gasteiger partial charge in [-0.3, -0.25) is 4.79 Å². The van der Waals surface area contributed by atoms with Crippen molar-refractivity contribution in [1.82, 2.24) is 0 Å². The van der Waals surface area contributed by atoms with Crippen LogP contribution in [0.5, 0.6) is 0 Å². The molecule has 1 saturated carbocycles. The van der Waals surface area contributed by atoms with Crippen molar-refractivity contribution >= 4 is 17.9 Å². The number of allylic oxidation sites excluding steroid dienone is 2. The molecule has 0 aliphatic heterocycles. The minimum Gasteiger partial charge on any atom is -0.289 e. The van der Waals surface area contributed by atoms with Crippen LogP contribution in [-0.2, 0) is 4.79 Å². The summed E-state index contributed by atoms with van der Waals surface area (Å²) >= 11 is 0. The zero-order valence-electron chi connectivity index (χ0n) is 17.1. The molecule has 1 aliphatic rings.